The van der Waals surface area contributed by atoms with Crippen LogP contribution in [-0.4, -0.2) is 108 Å². The van der Waals surface area contributed by atoms with E-state index in [1.54, 1.807) is 39.1 Å². The number of aliphatic hydroxyl groups excluding tert-OH is 1. The van der Waals surface area contributed by atoms with Gasteiger partial charge in [0.15, 0.2) is 6.10 Å². The number of fused-ring (bicyclic) bond motifs is 3. The van der Waals surface area contributed by atoms with Gasteiger partial charge in [0.1, 0.15) is 24.7 Å². The molecule has 3 aromatic rings. The summed E-state index contributed by atoms with van der Waals surface area (Å²) in [6.07, 6.45) is 2.85. The molecule has 10 N–H and O–H groups in total. The number of nitrogens with zero attached hydrogens (tertiary/aromatic N) is 1. The number of alkyl carbamates (subject to hydrolysis) is 1. The quantitative estimate of drug-likeness (QED) is 0.0443. The smallest absolute Gasteiger partial charge is 0.409 e. The molecule has 3 aromatic carbocycles. The molecule has 1 aliphatic rings. The van der Waals surface area contributed by atoms with Crippen molar-refractivity contribution >= 4 is 47.7 Å². The van der Waals surface area contributed by atoms with E-state index in [-0.39, 0.29) is 63.7 Å². The van der Waals surface area contributed by atoms with Gasteiger partial charge in [-0.05, 0) is 83.5 Å². The molecule has 4 rings (SSSR count). The number of terminal acetylenes is 1. The lowest BCUT2D eigenvalue weighted by atomic mass is 9.89. The standard InChI is InChI=1S/C50H66N8O11/c1-8-41(50(4,5)6)69-48(66)53-24-14-13-20-40(56-47(64)65)44(61)57-42(30(2)3)45(62)55-39(21-15-25-52-46(51)63)43(60)54-33-23-22-31(28-59)32(26-33)27-58(7)49(67)68-29-38-36-18-11-9-16-34(36)35-17-10-12-19-37(35)38/h1,9-12,16-19,22-23,26,30,38-42,56,59H,13-15,20-21,24-25,27-29H2,2-7H3,(H,53,66)(H,54,60)(H,55,62)(H,57,61)(H,64,65)(H3,51,52,63)/t39-,40-,41?,42-/m0/s1. The molecule has 0 aromatic heterocycles. The highest BCUT2D eigenvalue weighted by Gasteiger charge is 2.33. The van der Waals surface area contributed by atoms with E-state index in [1.807, 2.05) is 69.3 Å². The van der Waals surface area contributed by atoms with Crippen molar-refractivity contribution in [2.24, 2.45) is 17.1 Å². The topological polar surface area (TPSA) is 280 Å². The fourth-order valence-corrected chi connectivity index (χ4v) is 7.79. The molecule has 0 saturated heterocycles. The zero-order chi connectivity index (χ0) is 50.8. The summed E-state index contributed by atoms with van der Waals surface area (Å²) in [6.45, 7) is 8.81. The Morgan fingerprint density at radius 2 is 1.41 bits per heavy atom. The molecule has 8 amide bonds. The van der Waals surface area contributed by atoms with Crippen LogP contribution in [0.15, 0.2) is 66.7 Å². The highest BCUT2D eigenvalue weighted by atomic mass is 16.6. The maximum absolute atomic E-state index is 14.0. The van der Waals surface area contributed by atoms with E-state index >= 15 is 0 Å². The van der Waals surface area contributed by atoms with Crippen molar-refractivity contribution in [1.29, 1.82) is 0 Å². The van der Waals surface area contributed by atoms with Crippen molar-refractivity contribution < 1.29 is 53.2 Å². The van der Waals surface area contributed by atoms with Crippen molar-refractivity contribution in [1.82, 2.24) is 31.5 Å². The van der Waals surface area contributed by atoms with Crippen molar-refractivity contribution in [3.05, 3.63) is 89.0 Å². The zero-order valence-corrected chi connectivity index (χ0v) is 40.1. The third-order valence-corrected chi connectivity index (χ3v) is 11.5. The minimum absolute atomic E-state index is 0.0133. The molecular formula is C50H66N8O11. The molecule has 1 unspecified atom stereocenters. The summed E-state index contributed by atoms with van der Waals surface area (Å²) in [5, 5.41) is 35.1. The van der Waals surface area contributed by atoms with Gasteiger partial charge < -0.3 is 62.2 Å². The Bertz CT molecular complexity index is 2300. The number of rotatable bonds is 23. The van der Waals surface area contributed by atoms with Gasteiger partial charge in [0.05, 0.1) is 6.61 Å². The number of nitrogens with one attached hydrogen (secondary N) is 6. The molecule has 0 spiro atoms. The number of unbranched alkanes of at least 4 members (excludes halogenated alkanes) is 1. The largest absolute Gasteiger partial charge is 0.465 e. The average molecular weight is 955 g/mol. The number of nitrogens with two attached hydrogens (primary N) is 1. The second kappa shape index (κ2) is 25.7. The first kappa shape index (κ1) is 54.3. The van der Waals surface area contributed by atoms with Gasteiger partial charge in [-0.1, -0.05) is 95.1 Å². The number of carbonyl (C=O) groups is 7. The van der Waals surface area contributed by atoms with Crippen LogP contribution in [0.3, 0.4) is 0 Å². The van der Waals surface area contributed by atoms with Gasteiger partial charge >= 0.3 is 24.3 Å². The highest BCUT2D eigenvalue weighted by molar-refractivity contribution is 5.99. The Hall–Kier alpha value is -7.33. The number of aliphatic hydroxyl groups is 1. The van der Waals surface area contributed by atoms with Gasteiger partial charge in [-0.2, -0.15) is 0 Å². The zero-order valence-electron chi connectivity index (χ0n) is 40.1. The second-order valence-corrected chi connectivity index (χ2v) is 18.3. The van der Waals surface area contributed by atoms with E-state index in [4.69, 9.17) is 21.6 Å². The molecule has 0 heterocycles. The minimum Gasteiger partial charge on any atom is -0.465 e. The van der Waals surface area contributed by atoms with Gasteiger partial charge in [0.2, 0.25) is 17.7 Å². The van der Waals surface area contributed by atoms with Crippen molar-refractivity contribution in [3.8, 4) is 23.5 Å². The summed E-state index contributed by atoms with van der Waals surface area (Å²) in [7, 11) is 1.56. The first-order chi connectivity index (χ1) is 32.7. The van der Waals surface area contributed by atoms with Gasteiger partial charge in [-0.25, -0.2) is 19.2 Å². The fraction of sp³-hybridized carbons (Fsp3) is 0.460. The number of amides is 8. The molecule has 19 heteroatoms. The third-order valence-electron chi connectivity index (χ3n) is 11.5. The number of ether oxygens (including phenoxy) is 2. The Kier molecular flexibility index (Phi) is 20.2. The van der Waals surface area contributed by atoms with Gasteiger partial charge in [0.25, 0.3) is 0 Å². The predicted octanol–water partition coefficient (Wildman–Crippen LogP) is 5.15. The summed E-state index contributed by atoms with van der Waals surface area (Å²) >= 11 is 0. The van der Waals surface area contributed by atoms with E-state index in [0.717, 1.165) is 22.3 Å². The summed E-state index contributed by atoms with van der Waals surface area (Å²) in [4.78, 5) is 91.5. The number of anilines is 1. The third kappa shape index (κ3) is 16.2. The summed E-state index contributed by atoms with van der Waals surface area (Å²) in [5.41, 5.74) is 10.4. The summed E-state index contributed by atoms with van der Waals surface area (Å²) in [6, 6.07) is 16.3. The number of hydrogen-bond acceptors (Lipinski definition) is 10. The van der Waals surface area contributed by atoms with E-state index < -0.39 is 77.6 Å². The van der Waals surface area contributed by atoms with Crippen molar-refractivity contribution in [2.75, 3.05) is 32.1 Å². The lowest BCUT2D eigenvalue weighted by Crippen LogP contribution is -2.57. The van der Waals surface area contributed by atoms with Crippen LogP contribution in [0.25, 0.3) is 11.1 Å². The molecular weight excluding hydrogens is 889 g/mol. The van der Waals surface area contributed by atoms with Crippen LogP contribution in [-0.2, 0) is 37.0 Å². The molecule has 69 heavy (non-hydrogen) atoms. The number of carboxylic acid groups (broad SMARTS) is 1. The monoisotopic (exact) mass is 954 g/mol. The lowest BCUT2D eigenvalue weighted by molar-refractivity contribution is -0.132. The predicted molar refractivity (Wildman–Crippen MR) is 258 cm³/mol. The fourth-order valence-electron chi connectivity index (χ4n) is 7.79. The normalized spacial score (nSPS) is 13.5. The SMILES string of the molecule is C#CC(OC(=O)NCCCC[C@H](NC(=O)O)C(=O)N[C@H](C(=O)N[C@@H](CCCNC(N)=O)C(=O)Nc1ccc(CO)c(CN(C)C(=O)OCC2c3ccccc3-c3ccccc32)c1)C(C)C)C(C)(C)C. The van der Waals surface area contributed by atoms with Crippen LogP contribution in [0.4, 0.5) is 24.9 Å². The van der Waals surface area contributed by atoms with Gasteiger partial charge in [-0.3, -0.25) is 14.4 Å². The van der Waals surface area contributed by atoms with Crippen LogP contribution < -0.4 is 37.6 Å². The number of hydrogen-bond donors (Lipinski definition) is 9. The highest BCUT2D eigenvalue weighted by Crippen LogP contribution is 2.44. The number of benzene rings is 3. The molecule has 0 saturated carbocycles. The van der Waals surface area contributed by atoms with Crippen molar-refractivity contribution in [3.63, 3.8) is 0 Å². The van der Waals surface area contributed by atoms with Crippen LogP contribution in [0, 0.1) is 23.7 Å². The molecule has 1 aliphatic carbocycles. The van der Waals surface area contributed by atoms with E-state index in [0.29, 0.717) is 24.0 Å². The summed E-state index contributed by atoms with van der Waals surface area (Å²) in [5.74, 6) is -0.412. The molecule has 0 bridgehead atoms. The molecule has 372 valence electrons. The number of urea groups is 1. The van der Waals surface area contributed by atoms with Gasteiger partial charge in [-0.15, -0.1) is 6.42 Å². The maximum atomic E-state index is 14.0. The van der Waals surface area contributed by atoms with Crippen LogP contribution in [0.5, 0.6) is 0 Å². The maximum Gasteiger partial charge on any atom is 0.409 e. The van der Waals surface area contributed by atoms with Gasteiger partial charge in [0, 0.05) is 43.7 Å². The van der Waals surface area contributed by atoms with Crippen LogP contribution >= 0.6 is 0 Å². The lowest BCUT2D eigenvalue weighted by Gasteiger charge is -2.27. The Morgan fingerprint density at radius 3 is 1.99 bits per heavy atom. The minimum atomic E-state index is -1.47. The van der Waals surface area contributed by atoms with E-state index in [1.165, 1.54) is 4.90 Å². The first-order valence-corrected chi connectivity index (χ1v) is 22.9. The van der Waals surface area contributed by atoms with Crippen molar-refractivity contribution in [2.45, 2.75) is 110 Å². The van der Waals surface area contributed by atoms with Crippen LogP contribution in [0.1, 0.15) is 94.9 Å². The van der Waals surface area contributed by atoms with Crippen LogP contribution in [0.2, 0.25) is 0 Å². The summed E-state index contributed by atoms with van der Waals surface area (Å²) < 4.78 is 11.1. The number of carbonyl (C=O) groups excluding carboxylic acids is 6. The Labute approximate surface area is 403 Å². The molecule has 19 nitrogen and oxygen atoms in total. The number of primary amides is 1. The molecule has 0 aliphatic heterocycles. The average Bonchev–Trinajstić information content (AvgIpc) is 3.61. The van der Waals surface area contributed by atoms with E-state index in [2.05, 4.69) is 37.8 Å². The first-order valence-electron chi connectivity index (χ1n) is 22.9. The molecule has 0 radical (unpaired) electrons. The second-order valence-electron chi connectivity index (χ2n) is 18.3. The molecule has 0 fully saturated rings. The Balaban J connectivity index is 1.40. The van der Waals surface area contributed by atoms with E-state index in [9.17, 15) is 43.8 Å². The molecule has 4 atom stereocenters. The Morgan fingerprint density at radius 1 is 0.797 bits per heavy atom.